The van der Waals surface area contributed by atoms with Crippen LogP contribution in [0.5, 0.6) is 0 Å². The van der Waals surface area contributed by atoms with Crippen molar-refractivity contribution in [3.05, 3.63) is 24.3 Å². The fourth-order valence-corrected chi connectivity index (χ4v) is 3.41. The van der Waals surface area contributed by atoms with E-state index in [0.717, 1.165) is 24.5 Å². The lowest BCUT2D eigenvalue weighted by Gasteiger charge is -2.21. The zero-order valence-corrected chi connectivity index (χ0v) is 16.0. The smallest absolute Gasteiger partial charge is 0.318 e. The number of aromatic nitrogens is 3. The molecule has 0 unspecified atom stereocenters. The topological polar surface area (TPSA) is 106 Å². The van der Waals surface area contributed by atoms with Crippen LogP contribution in [-0.4, -0.2) is 45.5 Å². The molecule has 0 saturated heterocycles. The van der Waals surface area contributed by atoms with Gasteiger partial charge in [-0.25, -0.2) is 4.79 Å². The molecule has 2 rings (SSSR count). The summed E-state index contributed by atoms with van der Waals surface area (Å²) >= 11 is 1.21. The first-order valence-corrected chi connectivity index (χ1v) is 9.49. The van der Waals surface area contributed by atoms with Gasteiger partial charge in [-0.05, 0) is 45.0 Å². The Labute approximate surface area is 157 Å². The second-order valence-electron chi connectivity index (χ2n) is 5.47. The molecule has 0 bridgehead atoms. The molecule has 0 aliphatic heterocycles. The molecule has 8 nitrogen and oxygen atoms in total. The van der Waals surface area contributed by atoms with Crippen LogP contribution >= 0.6 is 11.8 Å². The summed E-state index contributed by atoms with van der Waals surface area (Å²) in [6.07, 6.45) is 0. The Morgan fingerprint density at radius 2 is 1.81 bits per heavy atom. The lowest BCUT2D eigenvalue weighted by molar-refractivity contribution is -0.117. The van der Waals surface area contributed by atoms with Crippen molar-refractivity contribution in [3.8, 4) is 11.4 Å². The van der Waals surface area contributed by atoms with Gasteiger partial charge in [0.05, 0.1) is 5.75 Å². The van der Waals surface area contributed by atoms with E-state index in [0.29, 0.717) is 11.7 Å². The molecule has 9 heteroatoms. The van der Waals surface area contributed by atoms with Crippen LogP contribution in [0.1, 0.15) is 20.8 Å². The molecule has 0 atom stereocenters. The molecular formula is C17H24N6O2S. The third kappa shape index (κ3) is 4.75. The summed E-state index contributed by atoms with van der Waals surface area (Å²) in [4.78, 5) is 24.5. The van der Waals surface area contributed by atoms with Crippen molar-refractivity contribution in [1.29, 1.82) is 0 Å². The van der Waals surface area contributed by atoms with Gasteiger partial charge in [0.2, 0.25) is 5.91 Å². The zero-order chi connectivity index (χ0) is 19.1. The molecule has 1 aromatic carbocycles. The number of imide groups is 1. The summed E-state index contributed by atoms with van der Waals surface area (Å²) in [5.41, 5.74) is 7.06. The highest BCUT2D eigenvalue weighted by Crippen LogP contribution is 2.26. The summed E-state index contributed by atoms with van der Waals surface area (Å²) < 4.78 is 1.94. The molecule has 1 aromatic heterocycles. The Morgan fingerprint density at radius 1 is 1.15 bits per heavy atom. The van der Waals surface area contributed by atoms with Gasteiger partial charge in [0.25, 0.3) is 0 Å². The summed E-state index contributed by atoms with van der Waals surface area (Å²) in [5.74, 6) is 0.330. The standard InChI is InChI=1S/C17H24N6O2S/c1-4-22(5-2)13-9-7-12(8-10-13)15-20-21-17(23(15)6-3)26-11-14(24)19-16(18)25/h7-10H,4-6,11H2,1-3H3,(H3,18,19,24,25). The van der Waals surface area contributed by atoms with Crippen molar-refractivity contribution in [2.75, 3.05) is 23.7 Å². The molecule has 3 N–H and O–H groups in total. The molecule has 2 aromatic rings. The van der Waals surface area contributed by atoms with E-state index >= 15 is 0 Å². The molecule has 0 radical (unpaired) electrons. The number of nitrogens with zero attached hydrogens (tertiary/aromatic N) is 4. The minimum absolute atomic E-state index is 0.0436. The van der Waals surface area contributed by atoms with E-state index in [4.69, 9.17) is 5.73 Å². The lowest BCUT2D eigenvalue weighted by atomic mass is 10.2. The molecule has 3 amide bonds. The van der Waals surface area contributed by atoms with Crippen LogP contribution in [0.25, 0.3) is 11.4 Å². The number of carbonyl (C=O) groups excluding carboxylic acids is 2. The van der Waals surface area contributed by atoms with Crippen molar-refractivity contribution in [2.24, 2.45) is 5.73 Å². The van der Waals surface area contributed by atoms with E-state index in [1.54, 1.807) is 0 Å². The van der Waals surface area contributed by atoms with Crippen molar-refractivity contribution in [3.63, 3.8) is 0 Å². The van der Waals surface area contributed by atoms with E-state index in [1.807, 2.05) is 28.9 Å². The first kappa shape index (κ1) is 19.8. The van der Waals surface area contributed by atoms with Crippen LogP contribution in [0.15, 0.2) is 29.4 Å². The summed E-state index contributed by atoms with van der Waals surface area (Å²) in [6, 6.07) is 7.34. The van der Waals surface area contributed by atoms with Gasteiger partial charge in [-0.2, -0.15) is 0 Å². The SMILES string of the molecule is CCN(CC)c1ccc(-c2nnc(SCC(=O)NC(N)=O)n2CC)cc1. The average Bonchev–Trinajstić information content (AvgIpc) is 3.04. The molecule has 0 spiro atoms. The Kier molecular flexibility index (Phi) is 7.02. The number of rotatable bonds is 8. The maximum atomic E-state index is 11.6. The van der Waals surface area contributed by atoms with Gasteiger partial charge in [-0.3, -0.25) is 10.1 Å². The van der Waals surface area contributed by atoms with E-state index in [2.05, 4.69) is 41.1 Å². The number of thioether (sulfide) groups is 1. The van der Waals surface area contributed by atoms with E-state index in [1.165, 1.54) is 17.4 Å². The van der Waals surface area contributed by atoms with Gasteiger partial charge < -0.3 is 15.2 Å². The van der Waals surface area contributed by atoms with Crippen LogP contribution in [0.3, 0.4) is 0 Å². The third-order valence-electron chi connectivity index (χ3n) is 3.88. The number of nitrogens with two attached hydrogens (primary N) is 1. The van der Waals surface area contributed by atoms with Crippen molar-refractivity contribution >= 4 is 29.4 Å². The highest BCUT2D eigenvalue weighted by Gasteiger charge is 2.15. The number of nitrogens with one attached hydrogen (secondary N) is 1. The number of primary amides is 1. The quantitative estimate of drug-likeness (QED) is 0.684. The van der Waals surface area contributed by atoms with Crippen molar-refractivity contribution in [1.82, 2.24) is 20.1 Å². The van der Waals surface area contributed by atoms with Gasteiger partial charge in [-0.15, -0.1) is 10.2 Å². The van der Waals surface area contributed by atoms with Crippen molar-refractivity contribution in [2.45, 2.75) is 32.5 Å². The number of anilines is 1. The molecular weight excluding hydrogens is 352 g/mol. The fraction of sp³-hybridized carbons (Fsp3) is 0.412. The number of carbonyl (C=O) groups is 2. The molecule has 0 saturated carbocycles. The summed E-state index contributed by atoms with van der Waals surface area (Å²) in [6.45, 7) is 8.82. The van der Waals surface area contributed by atoms with Crippen LogP contribution in [0.4, 0.5) is 10.5 Å². The Hall–Kier alpha value is -2.55. The first-order chi connectivity index (χ1) is 12.5. The van der Waals surface area contributed by atoms with E-state index in [-0.39, 0.29) is 5.75 Å². The number of hydrogen-bond donors (Lipinski definition) is 2. The van der Waals surface area contributed by atoms with Gasteiger partial charge in [0.1, 0.15) is 0 Å². The summed E-state index contributed by atoms with van der Waals surface area (Å²) in [7, 11) is 0. The molecule has 0 aliphatic carbocycles. The highest BCUT2D eigenvalue weighted by molar-refractivity contribution is 7.99. The van der Waals surface area contributed by atoms with Crippen LogP contribution in [0.2, 0.25) is 0 Å². The number of hydrogen-bond acceptors (Lipinski definition) is 6. The maximum Gasteiger partial charge on any atom is 0.318 e. The largest absolute Gasteiger partial charge is 0.372 e. The summed E-state index contributed by atoms with van der Waals surface area (Å²) in [5, 5.41) is 11.1. The van der Waals surface area contributed by atoms with Gasteiger partial charge in [0.15, 0.2) is 11.0 Å². The third-order valence-corrected chi connectivity index (χ3v) is 4.85. The molecule has 26 heavy (non-hydrogen) atoms. The number of urea groups is 1. The minimum Gasteiger partial charge on any atom is -0.372 e. The van der Waals surface area contributed by atoms with Crippen molar-refractivity contribution < 1.29 is 9.59 Å². The minimum atomic E-state index is -0.860. The van der Waals surface area contributed by atoms with Gasteiger partial charge in [0, 0.05) is 30.9 Å². The second kappa shape index (κ2) is 9.23. The number of amides is 3. The maximum absolute atomic E-state index is 11.6. The zero-order valence-electron chi connectivity index (χ0n) is 15.2. The predicted molar refractivity (Wildman–Crippen MR) is 103 cm³/mol. The van der Waals surface area contributed by atoms with Gasteiger partial charge in [-0.1, -0.05) is 11.8 Å². The molecule has 0 fully saturated rings. The fourth-order valence-electron chi connectivity index (χ4n) is 2.61. The highest BCUT2D eigenvalue weighted by atomic mass is 32.2. The second-order valence-corrected chi connectivity index (χ2v) is 6.41. The Bertz CT molecular complexity index is 755. The van der Waals surface area contributed by atoms with Crippen LogP contribution in [-0.2, 0) is 11.3 Å². The number of benzene rings is 1. The normalized spacial score (nSPS) is 10.6. The first-order valence-electron chi connectivity index (χ1n) is 8.50. The van der Waals surface area contributed by atoms with Gasteiger partial charge >= 0.3 is 6.03 Å². The lowest BCUT2D eigenvalue weighted by Crippen LogP contribution is -2.36. The van der Waals surface area contributed by atoms with E-state index in [9.17, 15) is 9.59 Å². The van der Waals surface area contributed by atoms with E-state index < -0.39 is 11.9 Å². The molecule has 0 aliphatic rings. The molecule has 1 heterocycles. The monoisotopic (exact) mass is 376 g/mol. The van der Waals surface area contributed by atoms with Crippen LogP contribution < -0.4 is 16.0 Å². The Balaban J connectivity index is 2.16. The van der Waals surface area contributed by atoms with Crippen LogP contribution in [0, 0.1) is 0 Å². The average molecular weight is 376 g/mol. The Morgan fingerprint density at radius 3 is 2.35 bits per heavy atom. The molecule has 140 valence electrons. The predicted octanol–water partition coefficient (Wildman–Crippen LogP) is 2.10.